The molecule has 4 bridgehead atoms. The van der Waals surface area contributed by atoms with Crippen LogP contribution in [0.4, 0.5) is 26.2 Å². The Kier molecular flexibility index (Phi) is 8.78. The van der Waals surface area contributed by atoms with Crippen molar-refractivity contribution >= 4 is 39.0 Å². The summed E-state index contributed by atoms with van der Waals surface area (Å²) in [4.78, 5) is 38.4. The average molecular weight is 692 g/mol. The number of benzene rings is 3. The summed E-state index contributed by atoms with van der Waals surface area (Å²) in [5, 5.41) is 18.0. The van der Waals surface area contributed by atoms with Gasteiger partial charge in [0, 0.05) is 36.8 Å². The van der Waals surface area contributed by atoms with Crippen LogP contribution < -0.4 is 15.4 Å². The number of rotatable bonds is 9. The molecule has 0 aromatic heterocycles. The summed E-state index contributed by atoms with van der Waals surface area (Å²) in [5.41, 5.74) is 1.27. The van der Waals surface area contributed by atoms with Gasteiger partial charge < -0.3 is 20.3 Å². The molecule has 3 aromatic rings. The first-order valence-electron chi connectivity index (χ1n) is 16.6. The van der Waals surface area contributed by atoms with Gasteiger partial charge in [-0.05, 0) is 110 Å². The maximum absolute atomic E-state index is 14.2. The molecule has 0 spiro atoms. The second kappa shape index (κ2) is 13.0. The zero-order chi connectivity index (χ0) is 34.3. The molecule has 12 nitrogen and oxygen atoms in total. The fourth-order valence-electron chi connectivity index (χ4n) is 8.64. The molecule has 0 unspecified atom stereocenters. The molecule has 3 amide bonds. The number of nitrogens with one attached hydrogen (secondary N) is 3. The predicted molar refractivity (Wildman–Crippen MR) is 180 cm³/mol. The fraction of sp³-hybridized carbons (Fsp3) is 0.429. The van der Waals surface area contributed by atoms with Crippen LogP contribution in [0, 0.1) is 39.1 Å². The lowest BCUT2D eigenvalue weighted by molar-refractivity contribution is -0.384. The summed E-state index contributed by atoms with van der Waals surface area (Å²) in [5.74, 6) is 0.698. The molecule has 14 heteroatoms. The molecule has 8 rings (SSSR count). The predicted octanol–water partition coefficient (Wildman–Crippen LogP) is 6.01. The first-order valence-corrected chi connectivity index (χ1v) is 18.1. The highest BCUT2D eigenvalue weighted by Gasteiger charge is 2.50. The molecular weight excluding hydrogens is 653 g/mol. The third-order valence-electron chi connectivity index (χ3n) is 10.5. The number of sulfonamides is 1. The SMILES string of the molecule is O=C(NS(=O)(=O)c1ccc(NCC23CC4CC(CC(C4)C2)C3)c([N+](=O)[O-])c1)c1ccc(-c2ccc(F)cc2NC(=O)N2CCOCC2)cc1. The van der Waals surface area contributed by atoms with Gasteiger partial charge in [0.05, 0.1) is 28.7 Å². The third-order valence-corrected chi connectivity index (χ3v) is 11.8. The van der Waals surface area contributed by atoms with Crippen LogP contribution in [0.25, 0.3) is 11.1 Å². The van der Waals surface area contributed by atoms with Gasteiger partial charge in [-0.1, -0.05) is 12.1 Å². The van der Waals surface area contributed by atoms with Crippen molar-refractivity contribution in [3.8, 4) is 11.1 Å². The number of carbonyl (C=O) groups excluding carboxylic acids is 2. The van der Waals surface area contributed by atoms with Crippen LogP contribution in [0.2, 0.25) is 0 Å². The number of anilines is 2. The molecule has 1 saturated heterocycles. The van der Waals surface area contributed by atoms with E-state index in [9.17, 15) is 32.5 Å². The van der Waals surface area contributed by atoms with Gasteiger partial charge in [0.25, 0.3) is 21.6 Å². The minimum absolute atomic E-state index is 0.0108. The second-order valence-electron chi connectivity index (χ2n) is 13.9. The number of hydrogen-bond donors (Lipinski definition) is 3. The van der Waals surface area contributed by atoms with Gasteiger partial charge in [-0.25, -0.2) is 22.3 Å². The third kappa shape index (κ3) is 6.97. The quantitative estimate of drug-likeness (QED) is 0.182. The van der Waals surface area contributed by atoms with E-state index in [0.29, 0.717) is 44.0 Å². The van der Waals surface area contributed by atoms with Crippen LogP contribution in [0.15, 0.2) is 65.6 Å². The molecule has 4 aliphatic carbocycles. The van der Waals surface area contributed by atoms with Gasteiger partial charge in [0.1, 0.15) is 11.5 Å². The standard InChI is InChI=1S/C35H38FN5O7S/c36-27-5-7-29(31(16-27)38-34(43)40-9-11-48-12-10-40)25-1-3-26(4-2-25)33(42)39-49(46,47)28-6-8-30(32(17-28)41(44)45)37-21-35-18-22-13-23(19-35)15-24(14-22)20-35/h1-8,16-17,22-24,37H,9-15,18-21H2,(H,38,43)(H,39,42). The molecular formula is C35H38FN5O7S. The zero-order valence-electron chi connectivity index (χ0n) is 26.8. The van der Waals surface area contributed by atoms with Crippen molar-refractivity contribution in [1.29, 1.82) is 0 Å². The van der Waals surface area contributed by atoms with Crippen molar-refractivity contribution in [2.24, 2.45) is 23.2 Å². The lowest BCUT2D eigenvalue weighted by Crippen LogP contribution is -2.49. The van der Waals surface area contributed by atoms with Crippen molar-refractivity contribution in [1.82, 2.24) is 9.62 Å². The minimum atomic E-state index is -4.46. The lowest BCUT2D eigenvalue weighted by Gasteiger charge is -2.57. The Morgan fingerprint density at radius 3 is 2.20 bits per heavy atom. The van der Waals surface area contributed by atoms with E-state index in [4.69, 9.17) is 4.74 Å². The molecule has 4 saturated carbocycles. The summed E-state index contributed by atoms with van der Waals surface area (Å²) in [6.45, 7) is 2.22. The van der Waals surface area contributed by atoms with Gasteiger partial charge in [-0.2, -0.15) is 0 Å². The van der Waals surface area contributed by atoms with Crippen LogP contribution >= 0.6 is 0 Å². The van der Waals surface area contributed by atoms with Gasteiger partial charge in [-0.3, -0.25) is 14.9 Å². The number of ether oxygens (including phenoxy) is 1. The van der Waals surface area contributed by atoms with Crippen molar-refractivity contribution < 1.29 is 32.1 Å². The Labute approximate surface area is 283 Å². The molecule has 0 atom stereocenters. The zero-order valence-corrected chi connectivity index (χ0v) is 27.6. The van der Waals surface area contributed by atoms with E-state index < -0.39 is 37.6 Å². The Bertz CT molecular complexity index is 1860. The number of halogens is 1. The van der Waals surface area contributed by atoms with Crippen molar-refractivity contribution in [3.05, 3.63) is 82.2 Å². The topological polar surface area (TPSA) is 160 Å². The highest BCUT2D eigenvalue weighted by molar-refractivity contribution is 7.90. The van der Waals surface area contributed by atoms with Crippen molar-refractivity contribution in [3.63, 3.8) is 0 Å². The van der Waals surface area contributed by atoms with Crippen LogP contribution in [0.5, 0.6) is 0 Å². The van der Waals surface area contributed by atoms with Crippen molar-refractivity contribution in [2.45, 2.75) is 43.4 Å². The van der Waals surface area contributed by atoms with E-state index in [1.54, 1.807) is 17.0 Å². The van der Waals surface area contributed by atoms with Crippen LogP contribution in [0.1, 0.15) is 48.9 Å². The van der Waals surface area contributed by atoms with Crippen LogP contribution in [-0.2, 0) is 14.8 Å². The number of nitro benzene ring substituents is 1. The molecule has 258 valence electrons. The normalized spacial score (nSPS) is 24.3. The van der Waals surface area contributed by atoms with Gasteiger partial charge in [-0.15, -0.1) is 0 Å². The van der Waals surface area contributed by atoms with Crippen LogP contribution in [-0.4, -0.2) is 63.0 Å². The van der Waals surface area contributed by atoms with Gasteiger partial charge in [0.2, 0.25) is 0 Å². The number of nitro groups is 1. The Balaban J connectivity index is 1.03. The number of carbonyl (C=O) groups is 2. The highest BCUT2D eigenvalue weighted by Crippen LogP contribution is 2.60. The number of urea groups is 1. The second-order valence-corrected chi connectivity index (χ2v) is 15.6. The maximum Gasteiger partial charge on any atom is 0.322 e. The van der Waals surface area contributed by atoms with E-state index >= 15 is 0 Å². The van der Waals surface area contributed by atoms with E-state index in [1.807, 2.05) is 4.72 Å². The van der Waals surface area contributed by atoms with Crippen LogP contribution in [0.3, 0.4) is 0 Å². The molecule has 3 aromatic carbocycles. The molecule has 5 aliphatic rings. The average Bonchev–Trinajstić information content (AvgIpc) is 3.07. The molecule has 1 heterocycles. The Hall–Kier alpha value is -4.56. The first-order chi connectivity index (χ1) is 23.5. The smallest absolute Gasteiger partial charge is 0.322 e. The van der Waals surface area contributed by atoms with Gasteiger partial charge >= 0.3 is 6.03 Å². The molecule has 1 aliphatic heterocycles. The number of morpholine rings is 1. The minimum Gasteiger partial charge on any atom is -0.379 e. The summed E-state index contributed by atoms with van der Waals surface area (Å²) in [6, 6.07) is 13.1. The Morgan fingerprint density at radius 2 is 1.57 bits per heavy atom. The van der Waals surface area contributed by atoms with Crippen molar-refractivity contribution in [2.75, 3.05) is 43.5 Å². The van der Waals surface area contributed by atoms with E-state index in [0.717, 1.165) is 43.1 Å². The monoisotopic (exact) mass is 691 g/mol. The van der Waals surface area contributed by atoms with E-state index in [2.05, 4.69) is 10.6 Å². The molecule has 0 radical (unpaired) electrons. The molecule has 5 fully saturated rings. The van der Waals surface area contributed by atoms with E-state index in [-0.39, 0.29) is 28.0 Å². The largest absolute Gasteiger partial charge is 0.379 e. The molecule has 3 N–H and O–H groups in total. The summed E-state index contributed by atoms with van der Waals surface area (Å²) in [6.07, 6.45) is 7.21. The van der Waals surface area contributed by atoms with Gasteiger partial charge in [0.15, 0.2) is 0 Å². The summed E-state index contributed by atoms with van der Waals surface area (Å²) in [7, 11) is -4.46. The lowest BCUT2D eigenvalue weighted by atomic mass is 9.49. The molecule has 49 heavy (non-hydrogen) atoms. The summed E-state index contributed by atoms with van der Waals surface area (Å²) < 4.78 is 47.9. The number of amides is 3. The number of nitrogens with zero attached hydrogens (tertiary/aromatic N) is 2. The fourth-order valence-corrected chi connectivity index (χ4v) is 9.64. The first kappa shape index (κ1) is 33.0. The maximum atomic E-state index is 14.2. The highest BCUT2D eigenvalue weighted by atomic mass is 32.2. The van der Waals surface area contributed by atoms with E-state index in [1.165, 1.54) is 61.7 Å². The summed E-state index contributed by atoms with van der Waals surface area (Å²) >= 11 is 0. The number of hydrogen-bond acceptors (Lipinski definition) is 8. The Morgan fingerprint density at radius 1 is 0.918 bits per heavy atom.